The predicted molar refractivity (Wildman–Crippen MR) is 95.9 cm³/mol. The summed E-state index contributed by atoms with van der Waals surface area (Å²) < 4.78 is 5.45. The Balaban J connectivity index is 1.75. The van der Waals surface area contributed by atoms with Gasteiger partial charge in [-0.25, -0.2) is 0 Å². The van der Waals surface area contributed by atoms with Crippen LogP contribution in [0.3, 0.4) is 0 Å². The van der Waals surface area contributed by atoms with Gasteiger partial charge in [0.1, 0.15) is 12.3 Å². The molecular weight excluding hydrogens is 324 g/mol. The predicted octanol–water partition coefficient (Wildman–Crippen LogP) is 3.08. The fraction of sp³-hybridized carbons (Fsp3) is 0.222. The van der Waals surface area contributed by atoms with Crippen molar-refractivity contribution in [2.45, 2.75) is 11.8 Å². The number of nitrogens with zero attached hydrogens (tertiary/aromatic N) is 1. The van der Waals surface area contributed by atoms with Gasteiger partial charge in [-0.3, -0.25) is 14.5 Å². The third kappa shape index (κ3) is 3.54. The number of carbonyl (C=O) groups is 2. The summed E-state index contributed by atoms with van der Waals surface area (Å²) in [7, 11) is 0. The first kappa shape index (κ1) is 16.4. The van der Waals surface area contributed by atoms with Crippen LogP contribution in [0.4, 0.5) is 11.4 Å². The minimum atomic E-state index is -0.241. The van der Waals surface area contributed by atoms with Gasteiger partial charge in [0.15, 0.2) is 6.61 Å². The minimum Gasteiger partial charge on any atom is -0.482 e. The number of fused-ring (bicyclic) bond motifs is 1. The standard InChI is InChI=1S/C18H18N2O3S/c1-12-6-7-15-16(8-12)23-11-18(22)20(15)10-17(21)19-13-4-3-5-14(9-13)24-2/h3-9H,10-11H2,1-2H3,(H,19,21). The van der Waals surface area contributed by atoms with Crippen LogP contribution in [0.25, 0.3) is 0 Å². The number of nitrogens with one attached hydrogen (secondary N) is 1. The Kier molecular flexibility index (Phi) is 4.76. The SMILES string of the molecule is CSc1cccc(NC(=O)CN2C(=O)COc3cc(C)ccc32)c1. The van der Waals surface area contributed by atoms with Crippen molar-refractivity contribution in [3.8, 4) is 5.75 Å². The topological polar surface area (TPSA) is 58.6 Å². The van der Waals surface area contributed by atoms with Crippen molar-refractivity contribution in [3.63, 3.8) is 0 Å². The molecule has 0 aliphatic carbocycles. The van der Waals surface area contributed by atoms with E-state index in [-0.39, 0.29) is 25.0 Å². The highest BCUT2D eigenvalue weighted by Crippen LogP contribution is 2.32. The molecule has 2 aromatic carbocycles. The second-order valence-electron chi connectivity index (χ2n) is 5.52. The Labute approximate surface area is 145 Å². The van der Waals surface area contributed by atoms with Crippen LogP contribution < -0.4 is 15.0 Å². The highest BCUT2D eigenvalue weighted by Gasteiger charge is 2.27. The molecule has 1 N–H and O–H groups in total. The molecule has 124 valence electrons. The van der Waals surface area contributed by atoms with Gasteiger partial charge in [0.25, 0.3) is 5.91 Å². The first-order chi connectivity index (χ1) is 11.6. The van der Waals surface area contributed by atoms with Crippen LogP contribution in [0.5, 0.6) is 5.75 Å². The molecule has 2 amide bonds. The molecule has 0 spiro atoms. The number of benzene rings is 2. The van der Waals surface area contributed by atoms with E-state index >= 15 is 0 Å². The summed E-state index contributed by atoms with van der Waals surface area (Å²) in [5.74, 6) is 0.168. The molecule has 3 rings (SSSR count). The van der Waals surface area contributed by atoms with Crippen molar-refractivity contribution < 1.29 is 14.3 Å². The van der Waals surface area contributed by atoms with E-state index in [0.717, 1.165) is 16.1 Å². The fourth-order valence-corrected chi connectivity index (χ4v) is 2.99. The molecule has 2 aromatic rings. The third-order valence-corrected chi connectivity index (χ3v) is 4.44. The summed E-state index contributed by atoms with van der Waals surface area (Å²) in [6.45, 7) is 1.86. The fourth-order valence-electron chi connectivity index (χ4n) is 2.53. The molecular formula is C18H18N2O3S. The zero-order valence-corrected chi connectivity index (χ0v) is 14.4. The van der Waals surface area contributed by atoms with E-state index < -0.39 is 0 Å². The maximum absolute atomic E-state index is 12.3. The zero-order chi connectivity index (χ0) is 17.1. The van der Waals surface area contributed by atoms with E-state index in [2.05, 4.69) is 5.32 Å². The summed E-state index contributed by atoms with van der Waals surface area (Å²) in [5, 5.41) is 2.84. The van der Waals surface area contributed by atoms with Crippen molar-refractivity contribution in [2.24, 2.45) is 0 Å². The van der Waals surface area contributed by atoms with E-state index in [1.807, 2.05) is 55.6 Å². The van der Waals surface area contributed by atoms with E-state index in [9.17, 15) is 9.59 Å². The molecule has 24 heavy (non-hydrogen) atoms. The van der Waals surface area contributed by atoms with Crippen LogP contribution in [-0.4, -0.2) is 31.2 Å². The van der Waals surface area contributed by atoms with Crippen LogP contribution in [0, 0.1) is 6.92 Å². The lowest BCUT2D eigenvalue weighted by atomic mass is 10.1. The van der Waals surface area contributed by atoms with Crippen molar-refractivity contribution in [1.82, 2.24) is 0 Å². The first-order valence-corrected chi connectivity index (χ1v) is 8.77. The molecule has 1 aliphatic heterocycles. The second-order valence-corrected chi connectivity index (χ2v) is 6.40. The van der Waals surface area contributed by atoms with Gasteiger partial charge in [0, 0.05) is 10.6 Å². The molecule has 1 heterocycles. The molecule has 0 atom stereocenters. The minimum absolute atomic E-state index is 0.0399. The van der Waals surface area contributed by atoms with Crippen LogP contribution in [-0.2, 0) is 9.59 Å². The Morgan fingerprint density at radius 2 is 2.12 bits per heavy atom. The van der Waals surface area contributed by atoms with Crippen molar-refractivity contribution in [1.29, 1.82) is 0 Å². The number of aryl methyl sites for hydroxylation is 1. The highest BCUT2D eigenvalue weighted by molar-refractivity contribution is 7.98. The van der Waals surface area contributed by atoms with Gasteiger partial charge in [-0.15, -0.1) is 11.8 Å². The van der Waals surface area contributed by atoms with Crippen LogP contribution in [0.15, 0.2) is 47.4 Å². The maximum atomic E-state index is 12.3. The summed E-state index contributed by atoms with van der Waals surface area (Å²) in [4.78, 5) is 27.0. The van der Waals surface area contributed by atoms with Gasteiger partial charge in [0.2, 0.25) is 5.91 Å². The number of rotatable bonds is 4. The molecule has 0 aromatic heterocycles. The molecule has 6 heteroatoms. The molecule has 0 fully saturated rings. The molecule has 5 nitrogen and oxygen atoms in total. The Morgan fingerprint density at radius 1 is 1.29 bits per heavy atom. The van der Waals surface area contributed by atoms with E-state index in [0.29, 0.717) is 11.4 Å². The van der Waals surface area contributed by atoms with Gasteiger partial charge in [0.05, 0.1) is 5.69 Å². The van der Waals surface area contributed by atoms with Crippen molar-refractivity contribution in [3.05, 3.63) is 48.0 Å². The summed E-state index contributed by atoms with van der Waals surface area (Å²) in [5.41, 5.74) is 2.39. The second kappa shape index (κ2) is 6.97. The van der Waals surface area contributed by atoms with Gasteiger partial charge in [-0.2, -0.15) is 0 Å². The maximum Gasteiger partial charge on any atom is 0.265 e. The zero-order valence-electron chi connectivity index (χ0n) is 13.5. The van der Waals surface area contributed by atoms with Gasteiger partial charge < -0.3 is 10.1 Å². The van der Waals surface area contributed by atoms with E-state index in [1.54, 1.807) is 11.8 Å². The van der Waals surface area contributed by atoms with E-state index in [1.165, 1.54) is 4.90 Å². The Morgan fingerprint density at radius 3 is 2.92 bits per heavy atom. The number of anilines is 2. The van der Waals surface area contributed by atoms with E-state index in [4.69, 9.17) is 4.74 Å². The van der Waals surface area contributed by atoms with Gasteiger partial charge in [-0.05, 0) is 49.1 Å². The highest BCUT2D eigenvalue weighted by atomic mass is 32.2. The number of carbonyl (C=O) groups excluding carboxylic acids is 2. The lowest BCUT2D eigenvalue weighted by Crippen LogP contribution is -2.43. The Bertz CT molecular complexity index is 792. The quantitative estimate of drug-likeness (QED) is 0.868. The largest absolute Gasteiger partial charge is 0.482 e. The molecule has 0 saturated heterocycles. The smallest absolute Gasteiger partial charge is 0.265 e. The third-order valence-electron chi connectivity index (χ3n) is 3.71. The lowest BCUT2D eigenvalue weighted by molar-refractivity contribution is -0.123. The molecule has 0 bridgehead atoms. The van der Waals surface area contributed by atoms with Crippen LogP contribution in [0.2, 0.25) is 0 Å². The van der Waals surface area contributed by atoms with Crippen LogP contribution in [0.1, 0.15) is 5.56 Å². The number of thioether (sulfide) groups is 1. The van der Waals surface area contributed by atoms with Gasteiger partial charge >= 0.3 is 0 Å². The molecule has 0 radical (unpaired) electrons. The first-order valence-electron chi connectivity index (χ1n) is 7.54. The average molecular weight is 342 g/mol. The monoisotopic (exact) mass is 342 g/mol. The molecule has 0 unspecified atom stereocenters. The van der Waals surface area contributed by atoms with Gasteiger partial charge in [-0.1, -0.05) is 12.1 Å². The number of hydrogen-bond acceptors (Lipinski definition) is 4. The van der Waals surface area contributed by atoms with Crippen molar-refractivity contribution >= 4 is 35.0 Å². The molecule has 1 aliphatic rings. The summed E-state index contributed by atoms with van der Waals surface area (Å²) >= 11 is 1.61. The average Bonchev–Trinajstić information content (AvgIpc) is 2.57. The summed E-state index contributed by atoms with van der Waals surface area (Å²) in [6, 6.07) is 13.2. The van der Waals surface area contributed by atoms with Crippen molar-refractivity contribution in [2.75, 3.05) is 29.6 Å². The Hall–Kier alpha value is -2.47. The number of ether oxygens (including phenoxy) is 1. The lowest BCUT2D eigenvalue weighted by Gasteiger charge is -2.29. The number of amides is 2. The number of hydrogen-bond donors (Lipinski definition) is 1. The normalized spacial score (nSPS) is 13.2. The van der Waals surface area contributed by atoms with Crippen LogP contribution >= 0.6 is 11.8 Å². The summed E-state index contributed by atoms with van der Waals surface area (Å²) in [6.07, 6.45) is 1.98. The molecule has 0 saturated carbocycles.